The SMILES string of the molecule is CCOc1ccc(NC(C)CC(C)(C)OC)cn1. The summed E-state index contributed by atoms with van der Waals surface area (Å²) >= 11 is 0. The minimum absolute atomic E-state index is 0.120. The third-order valence-corrected chi connectivity index (χ3v) is 2.79. The van der Waals surface area contributed by atoms with Crippen LogP contribution in [0, 0.1) is 0 Å². The number of pyridine rings is 1. The molecule has 1 N–H and O–H groups in total. The van der Waals surface area contributed by atoms with Crippen LogP contribution in [0.2, 0.25) is 0 Å². The molecule has 4 nitrogen and oxygen atoms in total. The lowest BCUT2D eigenvalue weighted by atomic mass is 10.00. The molecule has 1 rings (SSSR count). The molecule has 1 unspecified atom stereocenters. The van der Waals surface area contributed by atoms with Crippen molar-refractivity contribution in [3.63, 3.8) is 0 Å². The maximum absolute atomic E-state index is 5.42. The predicted molar refractivity (Wildman–Crippen MR) is 74.2 cm³/mol. The second-order valence-corrected chi connectivity index (χ2v) is 5.03. The summed E-state index contributed by atoms with van der Waals surface area (Å²) in [6.45, 7) is 8.89. The third-order valence-electron chi connectivity index (χ3n) is 2.79. The Hall–Kier alpha value is -1.29. The topological polar surface area (TPSA) is 43.4 Å². The van der Waals surface area contributed by atoms with Crippen molar-refractivity contribution in [2.45, 2.75) is 45.8 Å². The summed E-state index contributed by atoms with van der Waals surface area (Å²) in [4.78, 5) is 4.22. The number of nitrogens with zero attached hydrogens (tertiary/aromatic N) is 1. The van der Waals surface area contributed by atoms with Crippen molar-refractivity contribution in [3.05, 3.63) is 18.3 Å². The molecule has 4 heteroatoms. The van der Waals surface area contributed by atoms with E-state index in [0.29, 0.717) is 18.5 Å². The molecule has 0 aliphatic carbocycles. The Kier molecular flexibility index (Phi) is 5.41. The first-order valence-electron chi connectivity index (χ1n) is 6.37. The van der Waals surface area contributed by atoms with Gasteiger partial charge in [-0.15, -0.1) is 0 Å². The molecule has 1 aromatic heterocycles. The zero-order valence-corrected chi connectivity index (χ0v) is 12.0. The molecule has 0 saturated carbocycles. The van der Waals surface area contributed by atoms with E-state index >= 15 is 0 Å². The summed E-state index contributed by atoms with van der Waals surface area (Å²) in [6.07, 6.45) is 2.72. The number of anilines is 1. The Morgan fingerprint density at radius 2 is 2.11 bits per heavy atom. The molecule has 0 amide bonds. The predicted octanol–water partition coefficient (Wildman–Crippen LogP) is 3.10. The summed E-state index contributed by atoms with van der Waals surface area (Å²) in [5, 5.41) is 3.40. The second-order valence-electron chi connectivity index (χ2n) is 5.03. The van der Waals surface area contributed by atoms with Crippen LogP contribution in [0.3, 0.4) is 0 Å². The highest BCUT2D eigenvalue weighted by atomic mass is 16.5. The van der Waals surface area contributed by atoms with Crippen LogP contribution in [0.25, 0.3) is 0 Å². The minimum atomic E-state index is -0.120. The summed E-state index contributed by atoms with van der Waals surface area (Å²) in [6, 6.07) is 4.17. The van der Waals surface area contributed by atoms with Crippen molar-refractivity contribution in [1.29, 1.82) is 0 Å². The molecule has 0 spiro atoms. The molecule has 1 atom stereocenters. The van der Waals surface area contributed by atoms with E-state index in [1.54, 1.807) is 13.3 Å². The standard InChI is InChI=1S/C14H24N2O2/c1-6-18-13-8-7-12(10-15-13)16-11(2)9-14(3,4)17-5/h7-8,10-11,16H,6,9H2,1-5H3. The molecular weight excluding hydrogens is 228 g/mol. The summed E-state index contributed by atoms with van der Waals surface area (Å²) in [5.41, 5.74) is 0.878. The fourth-order valence-electron chi connectivity index (χ4n) is 1.86. The zero-order valence-electron chi connectivity index (χ0n) is 12.0. The van der Waals surface area contributed by atoms with E-state index in [1.165, 1.54) is 0 Å². The van der Waals surface area contributed by atoms with Gasteiger partial charge in [0.1, 0.15) is 0 Å². The van der Waals surface area contributed by atoms with Crippen LogP contribution < -0.4 is 10.1 Å². The van der Waals surface area contributed by atoms with Gasteiger partial charge in [-0.25, -0.2) is 4.98 Å². The van der Waals surface area contributed by atoms with Crippen LogP contribution in [-0.4, -0.2) is 30.3 Å². The zero-order chi connectivity index (χ0) is 13.6. The monoisotopic (exact) mass is 252 g/mol. The van der Waals surface area contributed by atoms with E-state index in [4.69, 9.17) is 9.47 Å². The van der Waals surface area contributed by atoms with E-state index < -0.39 is 0 Å². The van der Waals surface area contributed by atoms with Crippen molar-refractivity contribution in [2.75, 3.05) is 19.0 Å². The van der Waals surface area contributed by atoms with E-state index in [9.17, 15) is 0 Å². The molecule has 0 radical (unpaired) electrons. The molecule has 0 fully saturated rings. The highest BCUT2D eigenvalue weighted by molar-refractivity contribution is 5.42. The summed E-state index contributed by atoms with van der Waals surface area (Å²) in [7, 11) is 1.74. The average Bonchev–Trinajstić information content (AvgIpc) is 2.31. The first-order valence-corrected chi connectivity index (χ1v) is 6.37. The first-order chi connectivity index (χ1) is 8.46. The van der Waals surface area contributed by atoms with Gasteiger partial charge in [-0.3, -0.25) is 0 Å². The van der Waals surface area contributed by atoms with Gasteiger partial charge in [0.2, 0.25) is 5.88 Å². The summed E-state index contributed by atoms with van der Waals surface area (Å²) < 4.78 is 10.7. The lowest BCUT2D eigenvalue weighted by Crippen LogP contribution is -2.31. The van der Waals surface area contributed by atoms with E-state index in [1.807, 2.05) is 19.1 Å². The Labute approximate surface area is 110 Å². The Balaban J connectivity index is 2.51. The molecule has 0 aliphatic heterocycles. The van der Waals surface area contributed by atoms with E-state index in [0.717, 1.165) is 12.1 Å². The largest absolute Gasteiger partial charge is 0.478 e. The number of ether oxygens (including phenoxy) is 2. The number of methoxy groups -OCH3 is 1. The van der Waals surface area contributed by atoms with Gasteiger partial charge < -0.3 is 14.8 Å². The van der Waals surface area contributed by atoms with Crippen molar-refractivity contribution in [2.24, 2.45) is 0 Å². The molecular formula is C14H24N2O2. The van der Waals surface area contributed by atoms with Crippen LogP contribution in [0.1, 0.15) is 34.1 Å². The van der Waals surface area contributed by atoms with E-state index in [-0.39, 0.29) is 5.60 Å². The number of aromatic nitrogens is 1. The quantitative estimate of drug-likeness (QED) is 0.810. The highest BCUT2D eigenvalue weighted by Gasteiger charge is 2.19. The lowest BCUT2D eigenvalue weighted by Gasteiger charge is -2.27. The second kappa shape index (κ2) is 6.59. The maximum Gasteiger partial charge on any atom is 0.213 e. The molecule has 0 saturated heterocycles. The van der Waals surface area contributed by atoms with Gasteiger partial charge in [0.15, 0.2) is 0 Å². The normalized spacial score (nSPS) is 13.2. The van der Waals surface area contributed by atoms with Crippen molar-refractivity contribution < 1.29 is 9.47 Å². The fraction of sp³-hybridized carbons (Fsp3) is 0.643. The van der Waals surface area contributed by atoms with E-state index in [2.05, 4.69) is 31.1 Å². The van der Waals surface area contributed by atoms with Crippen molar-refractivity contribution in [1.82, 2.24) is 4.98 Å². The number of nitrogens with one attached hydrogen (secondary N) is 1. The van der Waals surface area contributed by atoms with Gasteiger partial charge >= 0.3 is 0 Å². The molecule has 0 aliphatic rings. The van der Waals surface area contributed by atoms with Crippen molar-refractivity contribution in [3.8, 4) is 5.88 Å². The summed E-state index contributed by atoms with van der Waals surface area (Å²) in [5.74, 6) is 0.660. The van der Waals surface area contributed by atoms with Crippen molar-refractivity contribution >= 4 is 5.69 Å². The van der Waals surface area contributed by atoms with Gasteiger partial charge in [-0.2, -0.15) is 0 Å². The number of hydrogen-bond acceptors (Lipinski definition) is 4. The number of rotatable bonds is 7. The molecule has 1 heterocycles. The molecule has 102 valence electrons. The molecule has 1 aromatic rings. The Morgan fingerprint density at radius 3 is 2.61 bits per heavy atom. The molecule has 0 aromatic carbocycles. The lowest BCUT2D eigenvalue weighted by molar-refractivity contribution is 0.0128. The maximum atomic E-state index is 5.42. The van der Waals surface area contributed by atoms with Crippen LogP contribution in [-0.2, 0) is 4.74 Å². The van der Waals surface area contributed by atoms with Gasteiger partial charge in [-0.1, -0.05) is 0 Å². The van der Waals surface area contributed by atoms with Gasteiger partial charge in [0.25, 0.3) is 0 Å². The molecule has 0 bridgehead atoms. The van der Waals surface area contributed by atoms with Gasteiger partial charge in [-0.05, 0) is 40.2 Å². The average molecular weight is 252 g/mol. The first kappa shape index (κ1) is 14.8. The van der Waals surface area contributed by atoms with Gasteiger partial charge in [0, 0.05) is 19.2 Å². The molecule has 18 heavy (non-hydrogen) atoms. The van der Waals surface area contributed by atoms with Crippen LogP contribution in [0.4, 0.5) is 5.69 Å². The fourth-order valence-corrected chi connectivity index (χ4v) is 1.86. The minimum Gasteiger partial charge on any atom is -0.478 e. The van der Waals surface area contributed by atoms with Crippen LogP contribution in [0.15, 0.2) is 18.3 Å². The third kappa shape index (κ3) is 4.92. The van der Waals surface area contributed by atoms with Gasteiger partial charge in [0.05, 0.1) is 24.1 Å². The van der Waals surface area contributed by atoms with Crippen LogP contribution >= 0.6 is 0 Å². The Bertz CT molecular complexity index is 349. The van der Waals surface area contributed by atoms with Crippen LogP contribution in [0.5, 0.6) is 5.88 Å². The highest BCUT2D eigenvalue weighted by Crippen LogP contribution is 2.19. The smallest absolute Gasteiger partial charge is 0.213 e. The number of hydrogen-bond donors (Lipinski definition) is 1. The Morgan fingerprint density at radius 1 is 1.39 bits per heavy atom.